The van der Waals surface area contributed by atoms with Gasteiger partial charge >= 0.3 is 11.8 Å². The molecule has 0 atom stereocenters. The molecule has 0 saturated carbocycles. The zero-order chi connectivity index (χ0) is 14.0. The molecule has 0 fully saturated rings. The van der Waals surface area contributed by atoms with Gasteiger partial charge in [0.1, 0.15) is 0 Å². The third-order valence-corrected chi connectivity index (χ3v) is 2.41. The maximum Gasteiger partial charge on any atom is 0.378 e. The molecule has 0 spiro atoms. The Labute approximate surface area is 106 Å². The van der Waals surface area contributed by atoms with Gasteiger partial charge in [-0.25, -0.2) is 4.79 Å². The monoisotopic (exact) mass is 263 g/mol. The number of hydrogen-bond donors (Lipinski definition) is 0. The maximum atomic E-state index is 11.7. The lowest BCUT2D eigenvalue weighted by Gasteiger charge is -2.02. The zero-order valence-electron chi connectivity index (χ0n) is 9.90. The molecule has 0 aliphatic rings. The molecule has 0 bridgehead atoms. The number of esters is 1. The Balaban J connectivity index is 2.79. The second kappa shape index (κ2) is 4.84. The first kappa shape index (κ1) is 12.7. The highest BCUT2D eigenvalue weighted by Crippen LogP contribution is 2.21. The van der Waals surface area contributed by atoms with Crippen LogP contribution in [-0.2, 0) is 4.74 Å². The van der Waals surface area contributed by atoms with E-state index >= 15 is 0 Å². The number of nitro groups is 1. The molecule has 8 nitrogen and oxygen atoms in total. The molecule has 2 rings (SSSR count). The van der Waals surface area contributed by atoms with Crippen LogP contribution in [0.15, 0.2) is 18.2 Å². The molecule has 2 heterocycles. The van der Waals surface area contributed by atoms with Crippen LogP contribution in [0.2, 0.25) is 0 Å². The van der Waals surface area contributed by atoms with E-state index in [1.54, 1.807) is 6.92 Å². The number of ether oxygens (including phenoxy) is 1. The number of pyridine rings is 1. The third kappa shape index (κ3) is 2.03. The topological polar surface area (TPSA) is 104 Å². The van der Waals surface area contributed by atoms with E-state index in [4.69, 9.17) is 4.74 Å². The Kier molecular flexibility index (Phi) is 3.23. The smallest absolute Gasteiger partial charge is 0.378 e. The van der Waals surface area contributed by atoms with E-state index in [2.05, 4.69) is 4.98 Å². The molecular weight excluding hydrogens is 254 g/mol. The number of aromatic nitrogens is 2. The van der Waals surface area contributed by atoms with Crippen LogP contribution in [0.5, 0.6) is 0 Å². The van der Waals surface area contributed by atoms with Crippen molar-refractivity contribution in [3.05, 3.63) is 39.7 Å². The van der Waals surface area contributed by atoms with Crippen molar-refractivity contribution < 1.29 is 19.2 Å². The molecule has 2 aromatic heterocycles. The number of carbonyl (C=O) groups is 2. The van der Waals surface area contributed by atoms with Crippen molar-refractivity contribution in [2.75, 3.05) is 6.61 Å². The number of aldehydes is 1. The molecule has 0 aliphatic heterocycles. The van der Waals surface area contributed by atoms with Crippen LogP contribution in [0.1, 0.15) is 27.9 Å². The largest absolute Gasteiger partial charge is 0.460 e. The lowest BCUT2D eigenvalue weighted by atomic mass is 10.3. The summed E-state index contributed by atoms with van der Waals surface area (Å²) >= 11 is 0. The van der Waals surface area contributed by atoms with Gasteiger partial charge in [-0.2, -0.15) is 9.38 Å². The first-order chi connectivity index (χ1) is 9.10. The molecule has 2 aromatic rings. The van der Waals surface area contributed by atoms with E-state index in [1.807, 2.05) is 0 Å². The summed E-state index contributed by atoms with van der Waals surface area (Å²) in [7, 11) is 0. The number of carbonyl (C=O) groups excluding carboxylic acids is 2. The van der Waals surface area contributed by atoms with E-state index in [-0.39, 0.29) is 29.9 Å². The molecule has 0 saturated heterocycles. The quantitative estimate of drug-likeness (QED) is 0.355. The Morgan fingerprint density at radius 2 is 2.32 bits per heavy atom. The summed E-state index contributed by atoms with van der Waals surface area (Å²) in [5.74, 6) is -1.26. The molecule has 19 heavy (non-hydrogen) atoms. The molecule has 0 unspecified atom stereocenters. The van der Waals surface area contributed by atoms with Crippen molar-refractivity contribution in [3.8, 4) is 0 Å². The van der Waals surface area contributed by atoms with Gasteiger partial charge in [-0.05, 0) is 17.9 Å². The lowest BCUT2D eigenvalue weighted by Crippen LogP contribution is -2.11. The van der Waals surface area contributed by atoms with E-state index < -0.39 is 16.7 Å². The van der Waals surface area contributed by atoms with Crippen molar-refractivity contribution in [2.45, 2.75) is 6.92 Å². The van der Waals surface area contributed by atoms with Crippen LogP contribution in [0.25, 0.3) is 5.65 Å². The van der Waals surface area contributed by atoms with Crippen LogP contribution in [0, 0.1) is 10.1 Å². The molecule has 0 aliphatic carbocycles. The second-order valence-electron chi connectivity index (χ2n) is 3.52. The standard InChI is InChI=1S/C11H9N3O5/c1-2-19-11(16)8-4-3-5-9-12-7(6-15)10(13(8)9)14(17)18/h3-6H,2H2,1H3. The first-order valence-corrected chi connectivity index (χ1v) is 5.38. The number of fused-ring (bicyclic) bond motifs is 1. The van der Waals surface area contributed by atoms with Crippen molar-refractivity contribution in [2.24, 2.45) is 0 Å². The van der Waals surface area contributed by atoms with Crippen molar-refractivity contribution in [1.29, 1.82) is 0 Å². The predicted molar refractivity (Wildman–Crippen MR) is 63.2 cm³/mol. The summed E-state index contributed by atoms with van der Waals surface area (Å²) in [6.07, 6.45) is 0.278. The van der Waals surface area contributed by atoms with Crippen LogP contribution < -0.4 is 0 Å². The number of hydrogen-bond acceptors (Lipinski definition) is 6. The Morgan fingerprint density at radius 3 is 2.89 bits per heavy atom. The second-order valence-corrected chi connectivity index (χ2v) is 3.52. The fourth-order valence-electron chi connectivity index (χ4n) is 1.71. The number of nitrogens with zero attached hydrogens (tertiary/aromatic N) is 3. The summed E-state index contributed by atoms with van der Waals surface area (Å²) in [6, 6.07) is 4.34. The normalized spacial score (nSPS) is 10.4. The van der Waals surface area contributed by atoms with Gasteiger partial charge in [-0.3, -0.25) is 4.79 Å². The molecule has 0 N–H and O–H groups in total. The van der Waals surface area contributed by atoms with E-state index in [0.717, 1.165) is 4.40 Å². The average Bonchev–Trinajstić information content (AvgIpc) is 2.77. The number of rotatable bonds is 4. The highest BCUT2D eigenvalue weighted by atomic mass is 16.6. The fourth-order valence-corrected chi connectivity index (χ4v) is 1.71. The highest BCUT2D eigenvalue weighted by Gasteiger charge is 2.27. The lowest BCUT2D eigenvalue weighted by molar-refractivity contribution is -0.390. The van der Waals surface area contributed by atoms with Gasteiger partial charge in [-0.15, -0.1) is 0 Å². The predicted octanol–water partition coefficient (Wildman–Crippen LogP) is 1.23. The van der Waals surface area contributed by atoms with Crippen LogP contribution in [-0.4, -0.2) is 33.2 Å². The Morgan fingerprint density at radius 1 is 1.58 bits per heavy atom. The van der Waals surface area contributed by atoms with E-state index in [0.29, 0.717) is 0 Å². The third-order valence-electron chi connectivity index (χ3n) is 2.41. The van der Waals surface area contributed by atoms with Gasteiger partial charge in [-0.1, -0.05) is 6.07 Å². The van der Waals surface area contributed by atoms with Crippen LogP contribution in [0.3, 0.4) is 0 Å². The minimum atomic E-state index is -0.757. The summed E-state index contributed by atoms with van der Waals surface area (Å²) in [5.41, 5.74) is -0.243. The zero-order valence-corrected chi connectivity index (χ0v) is 9.90. The minimum absolute atomic E-state index is 0.0494. The van der Waals surface area contributed by atoms with Gasteiger partial charge in [0.05, 0.1) is 6.61 Å². The molecule has 0 amide bonds. The van der Waals surface area contributed by atoms with Crippen molar-refractivity contribution >= 4 is 23.7 Å². The van der Waals surface area contributed by atoms with Gasteiger partial charge in [0.2, 0.25) is 17.0 Å². The minimum Gasteiger partial charge on any atom is -0.460 e. The van der Waals surface area contributed by atoms with Crippen LogP contribution in [0.4, 0.5) is 5.82 Å². The summed E-state index contributed by atoms with van der Waals surface area (Å²) in [5, 5.41) is 11.0. The highest BCUT2D eigenvalue weighted by molar-refractivity contribution is 5.90. The van der Waals surface area contributed by atoms with Crippen LogP contribution >= 0.6 is 0 Å². The maximum absolute atomic E-state index is 11.7. The SMILES string of the molecule is CCOC(=O)c1cccc2nc(C=O)c([N+](=O)[O-])n12. The van der Waals surface area contributed by atoms with E-state index in [9.17, 15) is 19.7 Å². The summed E-state index contributed by atoms with van der Waals surface area (Å²) < 4.78 is 5.82. The summed E-state index contributed by atoms with van der Waals surface area (Å²) in [4.78, 5) is 36.6. The van der Waals surface area contributed by atoms with Gasteiger partial charge < -0.3 is 14.9 Å². The molecular formula is C11H9N3O5. The van der Waals surface area contributed by atoms with E-state index in [1.165, 1.54) is 18.2 Å². The van der Waals surface area contributed by atoms with Gasteiger partial charge in [0, 0.05) is 6.07 Å². The molecule has 8 heteroatoms. The fraction of sp³-hybridized carbons (Fsp3) is 0.182. The van der Waals surface area contributed by atoms with Gasteiger partial charge in [0.15, 0.2) is 6.29 Å². The first-order valence-electron chi connectivity index (χ1n) is 5.38. The molecule has 98 valence electrons. The number of imidazole rings is 1. The van der Waals surface area contributed by atoms with Crippen molar-refractivity contribution in [1.82, 2.24) is 9.38 Å². The average molecular weight is 263 g/mol. The summed E-state index contributed by atoms with van der Waals surface area (Å²) in [6.45, 7) is 1.76. The molecule has 0 aromatic carbocycles. The Bertz CT molecular complexity index is 676. The molecule has 0 radical (unpaired) electrons. The Hall–Kier alpha value is -2.77. The van der Waals surface area contributed by atoms with Gasteiger partial charge in [0.25, 0.3) is 0 Å². The van der Waals surface area contributed by atoms with Crippen molar-refractivity contribution in [3.63, 3.8) is 0 Å².